The third-order valence-corrected chi connectivity index (χ3v) is 10.0. The molecular weight excluding hydrogens is 581 g/mol. The highest BCUT2D eigenvalue weighted by Crippen LogP contribution is 2.46. The van der Waals surface area contributed by atoms with Gasteiger partial charge in [-0.05, 0) is 59.0 Å². The van der Waals surface area contributed by atoms with Crippen molar-refractivity contribution in [2.75, 3.05) is 0 Å². The van der Waals surface area contributed by atoms with Gasteiger partial charge >= 0.3 is 0 Å². The third-order valence-electron chi connectivity index (χ3n) is 8.90. The lowest BCUT2D eigenvalue weighted by Crippen LogP contribution is -2.38. The minimum absolute atomic E-state index is 0.313. The van der Waals surface area contributed by atoms with Crippen LogP contribution in [0.3, 0.4) is 0 Å². The number of fused-ring (bicyclic) bond motifs is 2. The quantitative estimate of drug-likeness (QED) is 0.168. The summed E-state index contributed by atoms with van der Waals surface area (Å²) < 4.78 is 2.26. The van der Waals surface area contributed by atoms with E-state index in [-0.39, 0.29) is 0 Å². The number of aliphatic imine (C=N–C) groups is 1. The number of hydrogen-bond donors (Lipinski definition) is 0. The largest absolute Gasteiger partial charge is 0.265 e. The Morgan fingerprint density at radius 1 is 0.674 bits per heavy atom. The molecular formula is C41H32N4S. The highest BCUT2D eigenvalue weighted by atomic mass is 32.2. The smallest absolute Gasteiger partial charge is 0.138 e. The molecule has 0 aliphatic carbocycles. The van der Waals surface area contributed by atoms with Crippen molar-refractivity contribution in [3.05, 3.63) is 186 Å². The summed E-state index contributed by atoms with van der Waals surface area (Å²) in [7, 11) is 0. The van der Waals surface area contributed by atoms with Crippen molar-refractivity contribution >= 4 is 33.4 Å². The number of hydrogen-bond acceptors (Lipinski definition) is 4. The zero-order chi connectivity index (χ0) is 30.9. The van der Waals surface area contributed by atoms with Gasteiger partial charge in [0.05, 0.1) is 16.2 Å². The fourth-order valence-electron chi connectivity index (χ4n) is 6.72. The van der Waals surface area contributed by atoms with Crippen LogP contribution in [-0.2, 0) is 12.0 Å². The molecule has 222 valence electrons. The number of benzene rings is 5. The van der Waals surface area contributed by atoms with Gasteiger partial charge < -0.3 is 0 Å². The zero-order valence-corrected chi connectivity index (χ0v) is 26.3. The SMILES string of the molecule is CC(SC1=Nc2cc3c(-c4ccncc4)nn(C(c4ccccc4)(c4ccccc4)c4ccccc4)c3cc2C1)c1ccccc1. The van der Waals surface area contributed by atoms with E-state index in [0.717, 1.165) is 56.0 Å². The predicted octanol–water partition coefficient (Wildman–Crippen LogP) is 10.0. The molecule has 1 unspecified atom stereocenters. The Labute approximate surface area is 273 Å². The Hall–Kier alpha value is -5.26. The number of aromatic nitrogens is 3. The van der Waals surface area contributed by atoms with Crippen LogP contribution in [0.15, 0.2) is 163 Å². The Balaban J connectivity index is 1.38. The monoisotopic (exact) mass is 612 g/mol. The van der Waals surface area contributed by atoms with Gasteiger partial charge in [0, 0.05) is 35.0 Å². The van der Waals surface area contributed by atoms with Crippen LogP contribution in [-0.4, -0.2) is 19.8 Å². The average molecular weight is 613 g/mol. The molecule has 7 aromatic rings. The van der Waals surface area contributed by atoms with Gasteiger partial charge in [0.1, 0.15) is 11.2 Å². The third kappa shape index (κ3) is 4.84. The fraction of sp³-hybridized carbons (Fsp3) is 0.0976. The molecule has 0 bridgehead atoms. The number of pyridine rings is 1. The molecule has 4 nitrogen and oxygen atoms in total. The summed E-state index contributed by atoms with van der Waals surface area (Å²) in [5, 5.41) is 8.07. The van der Waals surface area contributed by atoms with Crippen LogP contribution in [0.1, 0.15) is 40.0 Å². The van der Waals surface area contributed by atoms with Gasteiger partial charge in [-0.25, -0.2) is 9.67 Å². The second-order valence-corrected chi connectivity index (χ2v) is 13.1. The van der Waals surface area contributed by atoms with E-state index in [9.17, 15) is 0 Å². The fourth-order valence-corrected chi connectivity index (χ4v) is 7.81. The van der Waals surface area contributed by atoms with Gasteiger partial charge in [0.2, 0.25) is 0 Å². The number of thioether (sulfide) groups is 1. The van der Waals surface area contributed by atoms with E-state index in [1.54, 1.807) is 0 Å². The molecule has 0 saturated heterocycles. The molecule has 5 aromatic carbocycles. The van der Waals surface area contributed by atoms with E-state index in [1.807, 2.05) is 36.3 Å². The molecule has 1 aliphatic heterocycles. The molecule has 3 heterocycles. The van der Waals surface area contributed by atoms with Gasteiger partial charge in [0.25, 0.3) is 0 Å². The highest BCUT2D eigenvalue weighted by Gasteiger charge is 2.41. The molecule has 8 rings (SSSR count). The molecule has 0 N–H and O–H groups in total. The predicted molar refractivity (Wildman–Crippen MR) is 191 cm³/mol. The van der Waals surface area contributed by atoms with Gasteiger partial charge in [-0.15, -0.1) is 11.8 Å². The first kappa shape index (κ1) is 28.2. The number of nitrogens with zero attached hydrogens (tertiary/aromatic N) is 4. The van der Waals surface area contributed by atoms with E-state index in [0.29, 0.717) is 5.25 Å². The van der Waals surface area contributed by atoms with Crippen LogP contribution in [0.2, 0.25) is 0 Å². The zero-order valence-electron chi connectivity index (χ0n) is 25.5. The average Bonchev–Trinajstić information content (AvgIpc) is 3.70. The first-order valence-corrected chi connectivity index (χ1v) is 16.5. The minimum atomic E-state index is -0.736. The van der Waals surface area contributed by atoms with Crippen LogP contribution in [0.5, 0.6) is 0 Å². The van der Waals surface area contributed by atoms with E-state index >= 15 is 0 Å². The maximum absolute atomic E-state index is 5.54. The van der Waals surface area contributed by atoms with Gasteiger partial charge in [-0.3, -0.25) is 4.98 Å². The molecule has 0 radical (unpaired) electrons. The summed E-state index contributed by atoms with van der Waals surface area (Å²) in [5.74, 6) is 0. The topological polar surface area (TPSA) is 43.1 Å². The first-order chi connectivity index (χ1) is 22.7. The lowest BCUT2D eigenvalue weighted by molar-refractivity contribution is 0.477. The van der Waals surface area contributed by atoms with Gasteiger partial charge in [-0.2, -0.15) is 5.10 Å². The lowest BCUT2D eigenvalue weighted by Gasteiger charge is -2.37. The van der Waals surface area contributed by atoms with Crippen LogP contribution in [0.4, 0.5) is 5.69 Å². The Morgan fingerprint density at radius 3 is 1.78 bits per heavy atom. The van der Waals surface area contributed by atoms with Crippen molar-refractivity contribution in [1.82, 2.24) is 14.8 Å². The van der Waals surface area contributed by atoms with Crippen molar-refractivity contribution in [3.8, 4) is 11.3 Å². The van der Waals surface area contributed by atoms with Crippen LogP contribution in [0, 0.1) is 0 Å². The van der Waals surface area contributed by atoms with E-state index < -0.39 is 5.54 Å². The molecule has 2 aromatic heterocycles. The van der Waals surface area contributed by atoms with E-state index in [4.69, 9.17) is 10.1 Å². The maximum Gasteiger partial charge on any atom is 0.138 e. The second-order valence-electron chi connectivity index (χ2n) is 11.7. The van der Waals surface area contributed by atoms with Crippen molar-refractivity contribution in [2.24, 2.45) is 4.99 Å². The summed E-state index contributed by atoms with van der Waals surface area (Å²) in [6, 6.07) is 51.6. The van der Waals surface area contributed by atoms with Crippen LogP contribution < -0.4 is 0 Å². The summed E-state index contributed by atoms with van der Waals surface area (Å²) in [4.78, 5) is 9.49. The normalized spacial score (nSPS) is 13.4. The molecule has 0 spiro atoms. The van der Waals surface area contributed by atoms with E-state index in [2.05, 4.69) is 150 Å². The Kier molecular flexibility index (Phi) is 7.31. The Morgan fingerprint density at radius 2 is 1.22 bits per heavy atom. The molecule has 0 amide bonds. The Bertz CT molecular complexity index is 2050. The van der Waals surface area contributed by atoms with E-state index in [1.165, 1.54) is 11.1 Å². The second kappa shape index (κ2) is 11.9. The first-order valence-electron chi connectivity index (χ1n) is 15.6. The summed E-state index contributed by atoms with van der Waals surface area (Å²) >= 11 is 1.85. The van der Waals surface area contributed by atoms with Crippen molar-refractivity contribution in [2.45, 2.75) is 24.1 Å². The maximum atomic E-state index is 5.54. The van der Waals surface area contributed by atoms with Gasteiger partial charge in [0.15, 0.2) is 0 Å². The molecule has 0 saturated carbocycles. The molecule has 1 aliphatic rings. The molecule has 1 atom stereocenters. The van der Waals surface area contributed by atoms with Gasteiger partial charge in [-0.1, -0.05) is 121 Å². The minimum Gasteiger partial charge on any atom is -0.265 e. The molecule has 0 fully saturated rings. The number of rotatable bonds is 7. The van der Waals surface area contributed by atoms with Crippen molar-refractivity contribution in [3.63, 3.8) is 0 Å². The highest BCUT2D eigenvalue weighted by molar-refractivity contribution is 8.14. The van der Waals surface area contributed by atoms with Crippen LogP contribution in [0.25, 0.3) is 22.2 Å². The lowest BCUT2D eigenvalue weighted by atomic mass is 9.77. The summed E-state index contributed by atoms with van der Waals surface area (Å²) in [5.41, 5.74) is 9.26. The standard InChI is InChI=1S/C41H32N4S/c1-29(30-14-6-2-7-15-30)46-39-27-32-26-38-36(28-37(32)43-39)40(31-22-24-42-25-23-31)44-45(38)41(33-16-8-3-9-17-33,34-18-10-4-11-19-34)35-20-12-5-13-21-35/h2-26,28-29H,27H2,1H3. The molecule has 5 heteroatoms. The van der Waals surface area contributed by atoms with Crippen LogP contribution >= 0.6 is 11.8 Å². The molecule has 46 heavy (non-hydrogen) atoms. The summed E-state index contributed by atoms with van der Waals surface area (Å²) in [6.45, 7) is 2.26. The summed E-state index contributed by atoms with van der Waals surface area (Å²) in [6.07, 6.45) is 4.48. The van der Waals surface area contributed by atoms with Crippen molar-refractivity contribution in [1.29, 1.82) is 0 Å². The van der Waals surface area contributed by atoms with Crippen molar-refractivity contribution < 1.29 is 0 Å².